The van der Waals surface area contributed by atoms with Crippen LogP contribution >= 0.6 is 0 Å². The predicted molar refractivity (Wildman–Crippen MR) is 345 cm³/mol. The van der Waals surface area contributed by atoms with Gasteiger partial charge in [0.2, 0.25) is 0 Å². The lowest BCUT2D eigenvalue weighted by Crippen LogP contribution is -2.13. The van der Waals surface area contributed by atoms with Crippen LogP contribution in [0.15, 0.2) is 30.3 Å². The summed E-state index contributed by atoms with van der Waals surface area (Å²) in [4.78, 5) is 6.29. The van der Waals surface area contributed by atoms with E-state index in [-0.39, 0.29) is 0 Å². The monoisotopic (exact) mass is 1050 g/mol. The highest BCUT2D eigenvalue weighted by molar-refractivity contribution is 6.01. The van der Waals surface area contributed by atoms with Crippen LogP contribution in [-0.2, 0) is 38.5 Å². The lowest BCUT2D eigenvalue weighted by molar-refractivity contribution is 0.565. The Hall–Kier alpha value is -2.15. The number of aromatic nitrogens is 1. The molecule has 3 rings (SSSR count). The van der Waals surface area contributed by atoms with Crippen LogP contribution in [0.1, 0.15) is 383 Å². The summed E-state index contributed by atoms with van der Waals surface area (Å²) in [6.07, 6.45) is 73.9. The number of rotatable bonds is 55. The third kappa shape index (κ3) is 29.9. The van der Waals surface area contributed by atoms with Crippen LogP contribution in [0.25, 0.3) is 22.0 Å². The molecule has 1 heteroatoms. The Morgan fingerprint density at radius 1 is 0.237 bits per heavy atom. The van der Waals surface area contributed by atoms with Crippen molar-refractivity contribution in [1.29, 1.82) is 0 Å². The number of fused-ring (bicyclic) bond motifs is 1. The molecule has 0 bridgehead atoms. The average Bonchev–Trinajstić information content (AvgIpc) is 3.44. The first-order valence-corrected chi connectivity index (χ1v) is 35.2. The SMILES string of the molecule is CCCCCCCCCCc1nc2c(-c3ccccc3)c(CCCCCCCCCC)c(CCCCCCCCCC)c(CCCCCCCCCC)c2c(CCCCCCCCCC)c1CCCCCCCCCC. The second kappa shape index (κ2) is 48.7. The molecule has 1 heterocycles. The van der Waals surface area contributed by atoms with Crippen molar-refractivity contribution < 1.29 is 0 Å². The number of hydrogen-bond donors (Lipinski definition) is 0. The van der Waals surface area contributed by atoms with Crippen molar-refractivity contribution >= 4 is 10.9 Å². The summed E-state index contributed by atoms with van der Waals surface area (Å²) in [5.74, 6) is 0. The van der Waals surface area contributed by atoms with Crippen LogP contribution in [0.5, 0.6) is 0 Å². The molecule has 1 aromatic heterocycles. The molecule has 76 heavy (non-hydrogen) atoms. The predicted octanol–water partition coefficient (Wildman–Crippen LogP) is 26.0. The standard InChI is InChI=1S/C75H131N/c1-7-13-19-25-31-37-43-52-60-67-69(62-54-45-39-33-27-21-15-9-3)73(66-58-50-49-51-59-66)75-74(70(67)63-55-46-40-34-28-22-16-10-4)71(64-56-47-41-35-29-23-17-11-5)68(61-53-44-38-32-26-20-14-8-2)72(76-75)65-57-48-42-36-30-24-18-12-6/h49-51,58-59H,7-48,52-57,60-65H2,1-6H3. The van der Waals surface area contributed by atoms with E-state index in [9.17, 15) is 0 Å². The van der Waals surface area contributed by atoms with Crippen molar-refractivity contribution in [3.63, 3.8) is 0 Å². The van der Waals surface area contributed by atoms with Crippen LogP contribution in [0.3, 0.4) is 0 Å². The second-order valence-corrected chi connectivity index (χ2v) is 24.8. The van der Waals surface area contributed by atoms with Gasteiger partial charge in [0, 0.05) is 16.6 Å². The summed E-state index contributed by atoms with van der Waals surface area (Å²) in [6, 6.07) is 11.9. The topological polar surface area (TPSA) is 12.9 Å². The zero-order valence-electron chi connectivity index (χ0n) is 52.5. The van der Waals surface area contributed by atoms with Gasteiger partial charge in [0.15, 0.2) is 0 Å². The lowest BCUT2D eigenvalue weighted by Gasteiger charge is -2.27. The van der Waals surface area contributed by atoms with Gasteiger partial charge >= 0.3 is 0 Å². The van der Waals surface area contributed by atoms with E-state index in [1.165, 1.54) is 357 Å². The Morgan fingerprint density at radius 2 is 0.487 bits per heavy atom. The van der Waals surface area contributed by atoms with Gasteiger partial charge in [-0.25, -0.2) is 0 Å². The van der Waals surface area contributed by atoms with E-state index in [2.05, 4.69) is 71.9 Å². The van der Waals surface area contributed by atoms with E-state index >= 15 is 0 Å². The maximum absolute atomic E-state index is 6.29. The van der Waals surface area contributed by atoms with Crippen molar-refractivity contribution in [2.45, 2.75) is 388 Å². The van der Waals surface area contributed by atoms with E-state index in [4.69, 9.17) is 4.98 Å². The summed E-state index contributed by atoms with van der Waals surface area (Å²) in [7, 11) is 0. The van der Waals surface area contributed by atoms with Crippen LogP contribution < -0.4 is 0 Å². The molecule has 2 aromatic carbocycles. The molecule has 0 aliphatic heterocycles. The normalized spacial score (nSPS) is 11.8. The third-order valence-electron chi connectivity index (χ3n) is 17.8. The summed E-state index contributed by atoms with van der Waals surface area (Å²) < 4.78 is 0. The van der Waals surface area contributed by atoms with Gasteiger partial charge in [-0.3, -0.25) is 4.98 Å². The van der Waals surface area contributed by atoms with Gasteiger partial charge in [0.05, 0.1) is 5.52 Å². The van der Waals surface area contributed by atoms with E-state index in [1.54, 1.807) is 38.8 Å². The Morgan fingerprint density at radius 3 is 0.816 bits per heavy atom. The number of unbranched alkanes of at least 4 members (excludes halogenated alkanes) is 42. The molecule has 436 valence electrons. The summed E-state index contributed by atoms with van der Waals surface area (Å²) in [6.45, 7) is 14.1. The molecular formula is C75H131N. The van der Waals surface area contributed by atoms with E-state index < -0.39 is 0 Å². The molecule has 0 amide bonds. The van der Waals surface area contributed by atoms with Crippen molar-refractivity contribution in [2.24, 2.45) is 0 Å². The number of aryl methyl sites for hydroxylation is 3. The molecule has 0 atom stereocenters. The lowest BCUT2D eigenvalue weighted by atomic mass is 9.79. The first kappa shape index (κ1) is 68.1. The second-order valence-electron chi connectivity index (χ2n) is 24.8. The molecule has 0 saturated carbocycles. The van der Waals surface area contributed by atoms with Gasteiger partial charge < -0.3 is 0 Å². The molecule has 0 fully saturated rings. The number of pyridine rings is 1. The Bertz CT molecular complexity index is 1720. The van der Waals surface area contributed by atoms with Gasteiger partial charge in [-0.05, 0) is 110 Å². The molecule has 0 radical (unpaired) electrons. The van der Waals surface area contributed by atoms with Gasteiger partial charge in [-0.1, -0.05) is 342 Å². The van der Waals surface area contributed by atoms with E-state index in [0.29, 0.717) is 0 Å². The zero-order valence-corrected chi connectivity index (χ0v) is 52.5. The minimum atomic E-state index is 1.16. The highest BCUT2D eigenvalue weighted by Gasteiger charge is 2.26. The summed E-state index contributed by atoms with van der Waals surface area (Å²) in [5, 5.41) is 1.67. The van der Waals surface area contributed by atoms with Crippen LogP contribution in [0.4, 0.5) is 0 Å². The smallest absolute Gasteiger partial charge is 0.0792 e. The number of benzene rings is 2. The summed E-state index contributed by atoms with van der Waals surface area (Å²) >= 11 is 0. The Balaban J connectivity index is 2.32. The minimum absolute atomic E-state index is 1.16. The van der Waals surface area contributed by atoms with Crippen molar-refractivity contribution in [3.8, 4) is 11.1 Å². The first-order chi connectivity index (χ1) is 37.7. The van der Waals surface area contributed by atoms with Crippen LogP contribution in [-0.4, -0.2) is 4.98 Å². The molecule has 3 aromatic rings. The fourth-order valence-electron chi connectivity index (χ4n) is 13.0. The largest absolute Gasteiger partial charge is 0.252 e. The van der Waals surface area contributed by atoms with Crippen LogP contribution in [0, 0.1) is 0 Å². The molecule has 0 spiro atoms. The van der Waals surface area contributed by atoms with Gasteiger partial charge in [-0.15, -0.1) is 0 Å². The van der Waals surface area contributed by atoms with Crippen LogP contribution in [0.2, 0.25) is 0 Å². The molecule has 0 aliphatic carbocycles. The molecule has 0 N–H and O–H groups in total. The maximum Gasteiger partial charge on any atom is 0.0792 e. The van der Waals surface area contributed by atoms with Gasteiger partial charge in [0.25, 0.3) is 0 Å². The molecule has 0 unspecified atom stereocenters. The van der Waals surface area contributed by atoms with Crippen molar-refractivity contribution in [3.05, 3.63) is 63.8 Å². The molecule has 1 nitrogen and oxygen atoms in total. The Labute approximate surface area is 476 Å². The maximum atomic E-state index is 6.29. The average molecular weight is 1050 g/mol. The quantitative estimate of drug-likeness (QED) is 0.0514. The molecule has 0 saturated heterocycles. The van der Waals surface area contributed by atoms with E-state index in [0.717, 1.165) is 6.42 Å². The molecule has 0 aliphatic rings. The first-order valence-electron chi connectivity index (χ1n) is 35.2. The number of nitrogens with zero attached hydrogens (tertiary/aromatic N) is 1. The Kier molecular flexibility index (Phi) is 43.7. The van der Waals surface area contributed by atoms with Gasteiger partial charge in [0.1, 0.15) is 0 Å². The minimum Gasteiger partial charge on any atom is -0.252 e. The highest BCUT2D eigenvalue weighted by Crippen LogP contribution is 2.43. The van der Waals surface area contributed by atoms with Crippen molar-refractivity contribution in [1.82, 2.24) is 4.98 Å². The third-order valence-corrected chi connectivity index (χ3v) is 17.8. The van der Waals surface area contributed by atoms with E-state index in [1.807, 2.05) is 0 Å². The van der Waals surface area contributed by atoms with Gasteiger partial charge in [-0.2, -0.15) is 0 Å². The van der Waals surface area contributed by atoms with Crippen molar-refractivity contribution in [2.75, 3.05) is 0 Å². The summed E-state index contributed by atoms with van der Waals surface area (Å²) in [5.41, 5.74) is 14.8. The fraction of sp³-hybridized carbons (Fsp3) is 0.800. The molecular weight excluding hydrogens is 915 g/mol. The number of hydrogen-bond acceptors (Lipinski definition) is 1. The highest BCUT2D eigenvalue weighted by atomic mass is 14.7. The zero-order chi connectivity index (χ0) is 54.2. The fourth-order valence-corrected chi connectivity index (χ4v) is 13.0.